The highest BCUT2D eigenvalue weighted by Gasteiger charge is 2.12. The Bertz CT molecular complexity index is 823. The number of imide groups is 1. The van der Waals surface area contributed by atoms with E-state index in [4.69, 9.17) is 9.15 Å². The van der Waals surface area contributed by atoms with Crippen molar-refractivity contribution in [1.82, 2.24) is 10.6 Å². The first-order valence-corrected chi connectivity index (χ1v) is 9.78. The van der Waals surface area contributed by atoms with E-state index in [1.807, 2.05) is 26.0 Å². The molecule has 0 spiro atoms. The molecule has 0 saturated heterocycles. The zero-order valence-electron chi connectivity index (χ0n) is 14.8. The lowest BCUT2D eigenvalue weighted by atomic mass is 10.2. The van der Waals surface area contributed by atoms with Gasteiger partial charge in [0.25, 0.3) is 5.91 Å². The molecule has 3 amide bonds. The Morgan fingerprint density at radius 1 is 1.22 bits per heavy atom. The second-order valence-electron chi connectivity index (χ2n) is 5.63. The van der Waals surface area contributed by atoms with Crippen LogP contribution in [-0.4, -0.2) is 30.3 Å². The van der Waals surface area contributed by atoms with E-state index >= 15 is 0 Å². The molecule has 9 heteroatoms. The second-order valence-corrected chi connectivity index (χ2v) is 7.50. The number of halogens is 1. The maximum Gasteiger partial charge on any atom is 0.321 e. The molecule has 144 valence electrons. The van der Waals surface area contributed by atoms with E-state index in [1.165, 1.54) is 18.0 Å². The van der Waals surface area contributed by atoms with Gasteiger partial charge in [0, 0.05) is 9.37 Å². The largest absolute Gasteiger partial charge is 0.467 e. The third-order valence-electron chi connectivity index (χ3n) is 3.42. The fourth-order valence-corrected chi connectivity index (χ4v) is 3.38. The van der Waals surface area contributed by atoms with Crippen molar-refractivity contribution in [3.63, 3.8) is 0 Å². The van der Waals surface area contributed by atoms with Gasteiger partial charge in [-0.2, -0.15) is 0 Å². The summed E-state index contributed by atoms with van der Waals surface area (Å²) in [6, 6.07) is 6.65. The maximum absolute atomic E-state index is 11.8. The molecule has 1 aromatic carbocycles. The van der Waals surface area contributed by atoms with Crippen LogP contribution in [0, 0.1) is 13.8 Å². The highest BCUT2D eigenvalue weighted by Crippen LogP contribution is 2.28. The van der Waals surface area contributed by atoms with E-state index in [9.17, 15) is 14.4 Å². The number of nitrogens with one attached hydrogen (secondary N) is 2. The van der Waals surface area contributed by atoms with E-state index in [0.717, 1.165) is 20.5 Å². The van der Waals surface area contributed by atoms with Gasteiger partial charge in [-0.15, -0.1) is 11.8 Å². The molecule has 0 atom stereocenters. The monoisotopic (exact) mass is 454 g/mol. The Hall–Kier alpha value is -2.26. The van der Waals surface area contributed by atoms with Gasteiger partial charge < -0.3 is 14.5 Å². The summed E-state index contributed by atoms with van der Waals surface area (Å²) in [5, 5.41) is 4.53. The lowest BCUT2D eigenvalue weighted by Crippen LogP contribution is -2.41. The van der Waals surface area contributed by atoms with E-state index in [-0.39, 0.29) is 12.3 Å². The molecule has 0 aliphatic carbocycles. The van der Waals surface area contributed by atoms with Crippen molar-refractivity contribution >= 4 is 45.6 Å². The second kappa shape index (κ2) is 10.2. The molecule has 7 nitrogen and oxygen atoms in total. The molecule has 1 aromatic heterocycles. The fraction of sp³-hybridized carbons (Fsp3) is 0.278. The number of aryl methyl sites for hydroxylation is 2. The van der Waals surface area contributed by atoms with Gasteiger partial charge in [-0.1, -0.05) is 15.9 Å². The molecule has 0 unspecified atom stereocenters. The first-order valence-electron chi connectivity index (χ1n) is 8.00. The number of carbonyl (C=O) groups is 3. The van der Waals surface area contributed by atoms with Gasteiger partial charge in [0.15, 0.2) is 6.61 Å². The molecule has 2 aromatic rings. The molecule has 0 aliphatic heterocycles. The van der Waals surface area contributed by atoms with Gasteiger partial charge in [-0.3, -0.25) is 14.9 Å². The number of thioether (sulfide) groups is 1. The number of carbonyl (C=O) groups excluding carboxylic acids is 3. The average molecular weight is 455 g/mol. The zero-order valence-corrected chi connectivity index (χ0v) is 17.2. The minimum Gasteiger partial charge on any atom is -0.467 e. The number of hydrogen-bond acceptors (Lipinski definition) is 6. The number of amides is 3. The fourth-order valence-electron chi connectivity index (χ4n) is 2.02. The SMILES string of the molecule is Cc1cc(SCC(=O)OCC(=O)NC(=O)NCc2ccco2)c(C)cc1Br. The van der Waals surface area contributed by atoms with E-state index in [0.29, 0.717) is 5.76 Å². The van der Waals surface area contributed by atoms with Crippen LogP contribution in [0.1, 0.15) is 16.9 Å². The lowest BCUT2D eigenvalue weighted by molar-refractivity contribution is -0.145. The molecule has 27 heavy (non-hydrogen) atoms. The summed E-state index contributed by atoms with van der Waals surface area (Å²) in [7, 11) is 0. The van der Waals surface area contributed by atoms with Crippen LogP contribution in [-0.2, 0) is 20.9 Å². The van der Waals surface area contributed by atoms with Gasteiger partial charge >= 0.3 is 12.0 Å². The van der Waals surface area contributed by atoms with E-state index in [1.54, 1.807) is 12.1 Å². The summed E-state index contributed by atoms with van der Waals surface area (Å²) in [5.74, 6) is -0.619. The minimum atomic E-state index is -0.707. The van der Waals surface area contributed by atoms with Crippen LogP contribution in [0.3, 0.4) is 0 Å². The van der Waals surface area contributed by atoms with Crippen LogP contribution in [0.15, 0.2) is 44.3 Å². The zero-order chi connectivity index (χ0) is 19.8. The van der Waals surface area contributed by atoms with Crippen molar-refractivity contribution in [2.24, 2.45) is 0 Å². The number of benzene rings is 1. The smallest absolute Gasteiger partial charge is 0.321 e. The van der Waals surface area contributed by atoms with Crippen LogP contribution >= 0.6 is 27.7 Å². The minimum absolute atomic E-state index is 0.0693. The molecular weight excluding hydrogens is 436 g/mol. The highest BCUT2D eigenvalue weighted by atomic mass is 79.9. The summed E-state index contributed by atoms with van der Waals surface area (Å²) in [5.41, 5.74) is 2.10. The molecular formula is C18H19BrN2O5S. The summed E-state index contributed by atoms with van der Waals surface area (Å²) in [4.78, 5) is 36.0. The van der Waals surface area contributed by atoms with Gasteiger partial charge in [0.05, 0.1) is 18.6 Å². The van der Waals surface area contributed by atoms with Crippen molar-refractivity contribution in [3.8, 4) is 0 Å². The lowest BCUT2D eigenvalue weighted by Gasteiger charge is -2.09. The first kappa shape index (κ1) is 21.0. The Labute approximate surface area is 169 Å². The van der Waals surface area contributed by atoms with Crippen LogP contribution in [0.2, 0.25) is 0 Å². The number of ether oxygens (including phenoxy) is 1. The summed E-state index contributed by atoms with van der Waals surface area (Å²) >= 11 is 4.79. The predicted molar refractivity (Wildman–Crippen MR) is 104 cm³/mol. The molecule has 1 heterocycles. The van der Waals surface area contributed by atoms with Crippen LogP contribution in [0.25, 0.3) is 0 Å². The van der Waals surface area contributed by atoms with E-state index < -0.39 is 24.5 Å². The quantitative estimate of drug-likeness (QED) is 0.491. The van der Waals surface area contributed by atoms with Crippen LogP contribution < -0.4 is 10.6 Å². The van der Waals surface area contributed by atoms with Crippen molar-refractivity contribution < 1.29 is 23.5 Å². The Kier molecular flexibility index (Phi) is 7.93. The van der Waals surface area contributed by atoms with Crippen LogP contribution in [0.5, 0.6) is 0 Å². The molecule has 0 radical (unpaired) electrons. The highest BCUT2D eigenvalue weighted by molar-refractivity contribution is 9.10. The first-order chi connectivity index (χ1) is 12.8. The summed E-state index contributed by atoms with van der Waals surface area (Å²) in [6.07, 6.45) is 1.48. The number of hydrogen-bond donors (Lipinski definition) is 2. The number of urea groups is 1. The van der Waals surface area contributed by atoms with Crippen molar-refractivity contribution in [3.05, 3.63) is 51.9 Å². The molecule has 0 saturated carbocycles. The van der Waals surface area contributed by atoms with Crippen molar-refractivity contribution in [2.75, 3.05) is 12.4 Å². The summed E-state index contributed by atoms with van der Waals surface area (Å²) in [6.45, 7) is 3.54. The third-order valence-corrected chi connectivity index (χ3v) is 5.41. The normalized spacial score (nSPS) is 10.3. The van der Waals surface area contributed by atoms with Gasteiger partial charge in [0.2, 0.25) is 0 Å². The number of esters is 1. The molecule has 2 N–H and O–H groups in total. The third kappa shape index (κ3) is 7.10. The summed E-state index contributed by atoms with van der Waals surface area (Å²) < 4.78 is 11.0. The molecule has 0 fully saturated rings. The average Bonchev–Trinajstić information content (AvgIpc) is 3.13. The predicted octanol–water partition coefficient (Wildman–Crippen LogP) is 3.32. The standard InChI is InChI=1S/C18H19BrN2O5S/c1-11-7-15(12(2)6-14(11)19)27-10-17(23)26-9-16(22)21-18(24)20-8-13-4-3-5-25-13/h3-7H,8-10H2,1-2H3,(H2,20,21,22,24). The van der Waals surface area contributed by atoms with E-state index in [2.05, 4.69) is 26.6 Å². The van der Waals surface area contributed by atoms with Gasteiger partial charge in [0.1, 0.15) is 5.76 Å². The molecule has 0 bridgehead atoms. The Balaban J connectivity index is 1.68. The van der Waals surface area contributed by atoms with Crippen molar-refractivity contribution in [1.29, 1.82) is 0 Å². The maximum atomic E-state index is 11.8. The Morgan fingerprint density at radius 2 is 2.00 bits per heavy atom. The number of rotatable bonds is 7. The molecule has 0 aliphatic rings. The van der Waals surface area contributed by atoms with Crippen LogP contribution in [0.4, 0.5) is 4.79 Å². The number of furan rings is 1. The Morgan fingerprint density at radius 3 is 2.70 bits per heavy atom. The van der Waals surface area contributed by atoms with Gasteiger partial charge in [-0.05, 0) is 49.2 Å². The van der Waals surface area contributed by atoms with Crippen molar-refractivity contribution in [2.45, 2.75) is 25.3 Å². The molecule has 2 rings (SSSR count). The van der Waals surface area contributed by atoms with Gasteiger partial charge in [-0.25, -0.2) is 4.79 Å². The topological polar surface area (TPSA) is 97.6 Å².